The Morgan fingerprint density at radius 3 is 2.74 bits per heavy atom. The van der Waals surface area contributed by atoms with Gasteiger partial charge in [0.25, 0.3) is 0 Å². The van der Waals surface area contributed by atoms with E-state index in [9.17, 15) is 4.79 Å². The largest absolute Gasteiger partial charge is 0.464 e. The Bertz CT molecular complexity index is 538. The van der Waals surface area contributed by atoms with Crippen molar-refractivity contribution in [3.63, 3.8) is 0 Å². The molecule has 2 rings (SSSR count). The first-order chi connectivity index (χ1) is 9.06. The summed E-state index contributed by atoms with van der Waals surface area (Å²) in [5.41, 5.74) is 4.86. The van der Waals surface area contributed by atoms with Crippen molar-refractivity contribution < 1.29 is 9.53 Å². The molecular formula is C17H20O2. The Labute approximate surface area is 114 Å². The zero-order valence-electron chi connectivity index (χ0n) is 11.8. The van der Waals surface area contributed by atoms with Crippen LogP contribution in [0.4, 0.5) is 0 Å². The highest BCUT2D eigenvalue weighted by Crippen LogP contribution is 2.42. The maximum atomic E-state index is 11.6. The predicted molar refractivity (Wildman–Crippen MR) is 77.8 cm³/mol. The Morgan fingerprint density at radius 1 is 1.42 bits per heavy atom. The number of carbonyl (C=O) groups excluding carboxylic acids is 1. The molecule has 19 heavy (non-hydrogen) atoms. The van der Waals surface area contributed by atoms with Crippen molar-refractivity contribution in [1.82, 2.24) is 0 Å². The van der Waals surface area contributed by atoms with Crippen LogP contribution in [0, 0.1) is 5.92 Å². The molecule has 0 aliphatic heterocycles. The third-order valence-electron chi connectivity index (χ3n) is 3.63. The molecule has 100 valence electrons. The molecular weight excluding hydrogens is 236 g/mol. The lowest BCUT2D eigenvalue weighted by molar-refractivity contribution is -0.147. The minimum absolute atomic E-state index is 0.0890. The molecule has 0 aromatic heterocycles. The highest BCUT2D eigenvalue weighted by molar-refractivity contribution is 5.79. The molecule has 0 N–H and O–H groups in total. The van der Waals surface area contributed by atoms with Crippen molar-refractivity contribution in [1.29, 1.82) is 0 Å². The van der Waals surface area contributed by atoms with Crippen molar-refractivity contribution in [2.24, 2.45) is 5.92 Å². The summed E-state index contributed by atoms with van der Waals surface area (Å²) < 4.78 is 5.40. The summed E-state index contributed by atoms with van der Waals surface area (Å²) in [6.45, 7) is 10.1. The first kappa shape index (κ1) is 13.6. The van der Waals surface area contributed by atoms with Crippen LogP contribution in [-0.4, -0.2) is 12.6 Å². The number of ether oxygens (including phenoxy) is 1. The lowest BCUT2D eigenvalue weighted by atomic mass is 9.96. The van der Waals surface area contributed by atoms with Gasteiger partial charge in [0.2, 0.25) is 0 Å². The molecule has 1 unspecified atom stereocenters. The third kappa shape index (κ3) is 2.48. The summed E-state index contributed by atoms with van der Waals surface area (Å²) >= 11 is 0. The van der Waals surface area contributed by atoms with E-state index in [4.69, 9.17) is 4.74 Å². The van der Waals surface area contributed by atoms with Crippen molar-refractivity contribution >= 4 is 11.5 Å². The second-order valence-electron chi connectivity index (χ2n) is 5.21. The average molecular weight is 256 g/mol. The molecule has 0 spiro atoms. The van der Waals surface area contributed by atoms with Crippen molar-refractivity contribution in [2.75, 3.05) is 6.61 Å². The van der Waals surface area contributed by atoms with Gasteiger partial charge in [0.05, 0.1) is 5.92 Å². The molecule has 0 fully saturated rings. The van der Waals surface area contributed by atoms with E-state index in [1.165, 1.54) is 16.7 Å². The van der Waals surface area contributed by atoms with Crippen LogP contribution in [0.5, 0.6) is 0 Å². The van der Waals surface area contributed by atoms with Gasteiger partial charge in [-0.1, -0.05) is 50.8 Å². The monoisotopic (exact) mass is 256 g/mol. The van der Waals surface area contributed by atoms with Crippen LogP contribution in [0.2, 0.25) is 0 Å². The van der Waals surface area contributed by atoms with E-state index in [0.717, 1.165) is 5.57 Å². The maximum absolute atomic E-state index is 11.6. The van der Waals surface area contributed by atoms with E-state index in [-0.39, 0.29) is 17.8 Å². The lowest BCUT2D eigenvalue weighted by Crippen LogP contribution is -2.16. The number of hydrogen-bond acceptors (Lipinski definition) is 2. The van der Waals surface area contributed by atoms with E-state index >= 15 is 0 Å². The Balaban J connectivity index is 2.24. The van der Waals surface area contributed by atoms with Gasteiger partial charge in [0.1, 0.15) is 6.61 Å². The summed E-state index contributed by atoms with van der Waals surface area (Å²) in [5, 5.41) is 0. The highest BCUT2D eigenvalue weighted by Gasteiger charge is 2.28. The summed E-state index contributed by atoms with van der Waals surface area (Å²) in [7, 11) is 0. The van der Waals surface area contributed by atoms with Crippen molar-refractivity contribution in [3.05, 3.63) is 53.6 Å². The molecule has 1 aromatic carbocycles. The van der Waals surface area contributed by atoms with Gasteiger partial charge >= 0.3 is 5.97 Å². The normalized spacial score (nSPS) is 17.6. The molecule has 2 heteroatoms. The van der Waals surface area contributed by atoms with E-state index in [1.54, 1.807) is 0 Å². The summed E-state index contributed by atoms with van der Waals surface area (Å²) in [4.78, 5) is 11.6. The van der Waals surface area contributed by atoms with Gasteiger partial charge in [0.15, 0.2) is 0 Å². The minimum atomic E-state index is -0.148. The van der Waals surface area contributed by atoms with Crippen LogP contribution in [0.15, 0.2) is 42.5 Å². The van der Waals surface area contributed by atoms with Gasteiger partial charge in [-0.15, -0.1) is 0 Å². The smallest absolute Gasteiger partial charge is 0.308 e. The fourth-order valence-corrected chi connectivity index (χ4v) is 2.53. The SMILES string of the molecule is C=CC1=C(C)c2ccccc2C1COC(=O)C(C)C. The van der Waals surface area contributed by atoms with Gasteiger partial charge in [-0.3, -0.25) is 4.79 Å². The predicted octanol–water partition coefficient (Wildman–Crippen LogP) is 3.94. The van der Waals surface area contributed by atoms with Crippen LogP contribution < -0.4 is 0 Å². The minimum Gasteiger partial charge on any atom is -0.464 e. The summed E-state index contributed by atoms with van der Waals surface area (Å²) in [6, 6.07) is 8.27. The molecule has 1 aromatic rings. The molecule has 0 radical (unpaired) electrons. The van der Waals surface area contributed by atoms with Gasteiger partial charge in [-0.2, -0.15) is 0 Å². The van der Waals surface area contributed by atoms with E-state index in [0.29, 0.717) is 6.61 Å². The fourth-order valence-electron chi connectivity index (χ4n) is 2.53. The zero-order valence-corrected chi connectivity index (χ0v) is 11.8. The van der Waals surface area contributed by atoms with Gasteiger partial charge in [-0.05, 0) is 29.2 Å². The first-order valence-electron chi connectivity index (χ1n) is 6.65. The van der Waals surface area contributed by atoms with Crippen LogP contribution in [0.1, 0.15) is 37.8 Å². The van der Waals surface area contributed by atoms with E-state index < -0.39 is 0 Å². The second kappa shape index (κ2) is 5.43. The number of fused-ring (bicyclic) bond motifs is 1. The second-order valence-corrected chi connectivity index (χ2v) is 5.21. The molecule has 0 saturated carbocycles. The van der Waals surface area contributed by atoms with Crippen LogP contribution in [0.25, 0.3) is 5.57 Å². The fraction of sp³-hybridized carbons (Fsp3) is 0.353. The molecule has 0 bridgehead atoms. The van der Waals surface area contributed by atoms with Crippen LogP contribution in [0.3, 0.4) is 0 Å². The first-order valence-corrected chi connectivity index (χ1v) is 6.65. The molecule has 1 aliphatic carbocycles. The number of hydrogen-bond donors (Lipinski definition) is 0. The van der Waals surface area contributed by atoms with Crippen molar-refractivity contribution in [2.45, 2.75) is 26.7 Å². The molecule has 1 atom stereocenters. The quantitative estimate of drug-likeness (QED) is 0.763. The Kier molecular flexibility index (Phi) is 3.89. The number of rotatable bonds is 4. The molecule has 0 amide bonds. The van der Waals surface area contributed by atoms with Crippen LogP contribution >= 0.6 is 0 Å². The summed E-state index contributed by atoms with van der Waals surface area (Å²) in [5.74, 6) is -0.115. The molecule has 1 aliphatic rings. The molecule has 2 nitrogen and oxygen atoms in total. The summed E-state index contributed by atoms with van der Waals surface area (Å²) in [6.07, 6.45) is 1.88. The number of carbonyl (C=O) groups is 1. The zero-order chi connectivity index (χ0) is 14.0. The lowest BCUT2D eigenvalue weighted by Gasteiger charge is -2.16. The Hall–Kier alpha value is -1.83. The standard InChI is InChI=1S/C17H20O2/c1-5-13-12(4)14-8-6-7-9-15(14)16(13)10-19-17(18)11(2)3/h5-9,11,16H,1,10H2,2-4H3. The van der Waals surface area contributed by atoms with Gasteiger partial charge in [0, 0.05) is 5.92 Å². The number of allylic oxidation sites excluding steroid dienone is 2. The maximum Gasteiger partial charge on any atom is 0.308 e. The average Bonchev–Trinajstić information content (AvgIpc) is 2.68. The van der Waals surface area contributed by atoms with Gasteiger partial charge < -0.3 is 4.74 Å². The Morgan fingerprint density at radius 2 is 2.11 bits per heavy atom. The highest BCUT2D eigenvalue weighted by atomic mass is 16.5. The topological polar surface area (TPSA) is 26.3 Å². The number of benzene rings is 1. The van der Waals surface area contributed by atoms with Crippen molar-refractivity contribution in [3.8, 4) is 0 Å². The van der Waals surface area contributed by atoms with Gasteiger partial charge in [-0.25, -0.2) is 0 Å². The van der Waals surface area contributed by atoms with Crippen LogP contribution in [-0.2, 0) is 9.53 Å². The number of esters is 1. The third-order valence-corrected chi connectivity index (χ3v) is 3.63. The molecule has 0 saturated heterocycles. The van der Waals surface area contributed by atoms with E-state index in [2.05, 4.69) is 25.6 Å². The van der Waals surface area contributed by atoms with E-state index in [1.807, 2.05) is 32.1 Å². The molecule has 0 heterocycles.